The molecule has 4 nitrogen and oxygen atoms in total. The van der Waals surface area contributed by atoms with Crippen LogP contribution in [0.25, 0.3) is 5.69 Å². The fraction of sp³-hybridized carbons (Fsp3) is 0.0714. The molecule has 20 heavy (non-hydrogen) atoms. The summed E-state index contributed by atoms with van der Waals surface area (Å²) in [6.45, 7) is 0. The van der Waals surface area contributed by atoms with E-state index in [-0.39, 0.29) is 0 Å². The smallest absolute Gasteiger partial charge is 0.209 e. The van der Waals surface area contributed by atoms with Crippen LogP contribution in [0, 0.1) is 0 Å². The van der Waals surface area contributed by atoms with Crippen LogP contribution in [0.15, 0.2) is 60.1 Å². The number of para-hydroxylation sites is 1. The van der Waals surface area contributed by atoms with Crippen LogP contribution in [-0.4, -0.2) is 19.7 Å². The summed E-state index contributed by atoms with van der Waals surface area (Å²) in [5.41, 5.74) is 2.09. The summed E-state index contributed by atoms with van der Waals surface area (Å²) in [6.07, 6.45) is 3.49. The molecule has 0 bridgehead atoms. The number of nitrogens with zero attached hydrogens (tertiary/aromatic N) is 4. The van der Waals surface area contributed by atoms with Gasteiger partial charge in [-0.25, -0.2) is 14.6 Å². The van der Waals surface area contributed by atoms with Gasteiger partial charge in [-0.15, -0.1) is 5.10 Å². The van der Waals surface area contributed by atoms with Gasteiger partial charge in [-0.1, -0.05) is 47.6 Å². The monoisotopic (exact) mass is 302 g/mol. The van der Waals surface area contributed by atoms with Gasteiger partial charge in [0.1, 0.15) is 11.5 Å². The molecule has 0 atom stereocenters. The minimum atomic E-state index is 0.505. The van der Waals surface area contributed by atoms with Crippen molar-refractivity contribution in [2.75, 3.05) is 0 Å². The van der Waals surface area contributed by atoms with Gasteiger partial charge in [-0.05, 0) is 23.8 Å². The molecule has 0 unspecified atom stereocenters. The Kier molecular flexibility index (Phi) is 3.99. The van der Waals surface area contributed by atoms with Crippen LogP contribution in [0.5, 0.6) is 0 Å². The number of hydrogen-bond acceptors (Lipinski definition) is 4. The molecule has 6 heteroatoms. The van der Waals surface area contributed by atoms with Crippen molar-refractivity contribution in [3.63, 3.8) is 0 Å². The highest BCUT2D eigenvalue weighted by atomic mass is 35.5. The molecule has 0 amide bonds. The molecule has 0 aliphatic heterocycles. The van der Waals surface area contributed by atoms with Gasteiger partial charge in [-0.2, -0.15) is 0 Å². The second-order valence-corrected chi connectivity index (χ2v) is 5.41. The first-order chi connectivity index (χ1) is 9.81. The van der Waals surface area contributed by atoms with E-state index in [0.717, 1.165) is 22.2 Å². The van der Waals surface area contributed by atoms with Crippen molar-refractivity contribution in [2.45, 2.75) is 10.9 Å². The molecular formula is C14H11ClN4S. The van der Waals surface area contributed by atoms with Crippen molar-refractivity contribution in [1.29, 1.82) is 0 Å². The summed E-state index contributed by atoms with van der Waals surface area (Å²) in [5, 5.41) is 5.68. The number of thioether (sulfide) groups is 1. The Balaban J connectivity index is 1.67. The van der Waals surface area contributed by atoms with Crippen LogP contribution in [0.3, 0.4) is 0 Å². The second-order valence-electron chi connectivity index (χ2n) is 4.09. The molecule has 0 aliphatic carbocycles. The van der Waals surface area contributed by atoms with E-state index in [0.29, 0.717) is 5.15 Å². The molecule has 0 saturated heterocycles. The third-order valence-electron chi connectivity index (χ3n) is 2.65. The lowest BCUT2D eigenvalue weighted by Gasteiger charge is -1.99. The Morgan fingerprint density at radius 2 is 1.90 bits per heavy atom. The first-order valence-electron chi connectivity index (χ1n) is 6.01. The Labute approximate surface area is 125 Å². The van der Waals surface area contributed by atoms with Crippen molar-refractivity contribution in [1.82, 2.24) is 19.7 Å². The normalized spacial score (nSPS) is 10.7. The molecule has 1 aromatic carbocycles. The van der Waals surface area contributed by atoms with Crippen LogP contribution in [0.1, 0.15) is 5.56 Å². The Morgan fingerprint density at radius 1 is 1.05 bits per heavy atom. The van der Waals surface area contributed by atoms with Gasteiger partial charge in [0.2, 0.25) is 5.16 Å². The highest BCUT2D eigenvalue weighted by molar-refractivity contribution is 7.98. The second kappa shape index (κ2) is 6.07. The molecule has 0 radical (unpaired) electrons. The van der Waals surface area contributed by atoms with E-state index in [9.17, 15) is 0 Å². The number of rotatable bonds is 4. The third kappa shape index (κ3) is 3.18. The van der Waals surface area contributed by atoms with Gasteiger partial charge in [-0.3, -0.25) is 0 Å². The molecule has 0 spiro atoms. The fourth-order valence-corrected chi connectivity index (χ4v) is 2.50. The van der Waals surface area contributed by atoms with Crippen molar-refractivity contribution in [3.8, 4) is 5.69 Å². The number of benzene rings is 1. The Hall–Kier alpha value is -1.85. The summed E-state index contributed by atoms with van der Waals surface area (Å²) in [6, 6.07) is 13.7. The zero-order valence-electron chi connectivity index (χ0n) is 10.5. The highest BCUT2D eigenvalue weighted by Crippen LogP contribution is 2.19. The van der Waals surface area contributed by atoms with E-state index in [1.165, 1.54) is 0 Å². The first kappa shape index (κ1) is 13.1. The minimum absolute atomic E-state index is 0.505. The number of pyridine rings is 1. The van der Waals surface area contributed by atoms with Gasteiger partial charge >= 0.3 is 0 Å². The molecular weight excluding hydrogens is 292 g/mol. The highest BCUT2D eigenvalue weighted by Gasteiger charge is 2.04. The molecule has 0 saturated carbocycles. The quantitative estimate of drug-likeness (QED) is 0.545. The predicted molar refractivity (Wildman–Crippen MR) is 80.2 cm³/mol. The molecule has 3 rings (SSSR count). The average Bonchev–Trinajstić information content (AvgIpc) is 2.97. The zero-order valence-corrected chi connectivity index (χ0v) is 12.1. The van der Waals surface area contributed by atoms with Gasteiger partial charge in [0, 0.05) is 11.9 Å². The van der Waals surface area contributed by atoms with Gasteiger partial charge < -0.3 is 0 Å². The van der Waals surface area contributed by atoms with Crippen LogP contribution in [0.2, 0.25) is 5.15 Å². The standard InChI is InChI=1S/C14H11ClN4S/c15-13-7-6-11(8-16-13)9-20-14-17-10-19(18-14)12-4-2-1-3-5-12/h1-8,10H,9H2. The van der Waals surface area contributed by atoms with Crippen molar-refractivity contribution in [3.05, 3.63) is 65.7 Å². The number of hydrogen-bond donors (Lipinski definition) is 0. The predicted octanol–water partition coefficient (Wildman–Crippen LogP) is 3.61. The summed E-state index contributed by atoms with van der Waals surface area (Å²) in [7, 11) is 0. The minimum Gasteiger partial charge on any atom is -0.244 e. The maximum atomic E-state index is 5.75. The van der Waals surface area contributed by atoms with Crippen LogP contribution < -0.4 is 0 Å². The maximum Gasteiger partial charge on any atom is 0.209 e. The van der Waals surface area contributed by atoms with E-state index in [4.69, 9.17) is 11.6 Å². The summed E-state index contributed by atoms with van der Waals surface area (Å²) in [4.78, 5) is 8.34. The largest absolute Gasteiger partial charge is 0.244 e. The Bertz CT molecular complexity index is 682. The Morgan fingerprint density at radius 3 is 2.65 bits per heavy atom. The third-order valence-corrected chi connectivity index (χ3v) is 3.79. The zero-order chi connectivity index (χ0) is 13.8. The summed E-state index contributed by atoms with van der Waals surface area (Å²) in [5.74, 6) is 0.767. The van der Waals surface area contributed by atoms with E-state index in [2.05, 4.69) is 15.1 Å². The fourth-order valence-electron chi connectivity index (χ4n) is 1.66. The van der Waals surface area contributed by atoms with E-state index >= 15 is 0 Å². The molecule has 0 aliphatic rings. The lowest BCUT2D eigenvalue weighted by molar-refractivity contribution is 0.834. The first-order valence-corrected chi connectivity index (χ1v) is 7.38. The SMILES string of the molecule is Clc1ccc(CSc2ncn(-c3ccccc3)n2)cn1. The molecule has 0 fully saturated rings. The van der Waals surface area contributed by atoms with Crippen molar-refractivity contribution in [2.24, 2.45) is 0 Å². The van der Waals surface area contributed by atoms with Crippen molar-refractivity contribution >= 4 is 23.4 Å². The summed E-state index contributed by atoms with van der Waals surface area (Å²) < 4.78 is 1.77. The maximum absolute atomic E-state index is 5.75. The van der Waals surface area contributed by atoms with Gasteiger partial charge in [0.25, 0.3) is 0 Å². The van der Waals surface area contributed by atoms with Gasteiger partial charge in [0.05, 0.1) is 5.69 Å². The number of aromatic nitrogens is 4. The van der Waals surface area contributed by atoms with E-state index in [1.54, 1.807) is 35.0 Å². The van der Waals surface area contributed by atoms with Crippen LogP contribution in [0.4, 0.5) is 0 Å². The number of halogens is 1. The lowest BCUT2D eigenvalue weighted by atomic mass is 10.3. The van der Waals surface area contributed by atoms with E-state index in [1.807, 2.05) is 36.4 Å². The van der Waals surface area contributed by atoms with Gasteiger partial charge in [0.15, 0.2) is 0 Å². The molecule has 100 valence electrons. The van der Waals surface area contributed by atoms with Crippen molar-refractivity contribution < 1.29 is 0 Å². The molecule has 0 N–H and O–H groups in total. The molecule has 2 aromatic heterocycles. The van der Waals surface area contributed by atoms with Crippen LogP contribution >= 0.6 is 23.4 Å². The topological polar surface area (TPSA) is 43.6 Å². The molecule has 2 heterocycles. The lowest BCUT2D eigenvalue weighted by Crippen LogP contribution is -1.93. The van der Waals surface area contributed by atoms with Crippen LogP contribution in [-0.2, 0) is 5.75 Å². The average molecular weight is 303 g/mol. The van der Waals surface area contributed by atoms with E-state index < -0.39 is 0 Å². The molecule has 3 aromatic rings. The summed E-state index contributed by atoms with van der Waals surface area (Å²) >= 11 is 7.32.